The lowest BCUT2D eigenvalue weighted by Crippen LogP contribution is -2.44. The van der Waals surface area contributed by atoms with Crippen LogP contribution in [-0.2, 0) is 14.9 Å². The van der Waals surface area contributed by atoms with Crippen LogP contribution in [0.15, 0.2) is 24.3 Å². The highest BCUT2D eigenvalue weighted by Crippen LogP contribution is 2.33. The van der Waals surface area contributed by atoms with Gasteiger partial charge in [0, 0.05) is 6.54 Å². The summed E-state index contributed by atoms with van der Waals surface area (Å²) >= 11 is 1.89. The normalized spacial score (nSPS) is 13.8. The molecule has 0 aliphatic carbocycles. The summed E-state index contributed by atoms with van der Waals surface area (Å²) in [7, 11) is 1.44. The number of esters is 1. The van der Waals surface area contributed by atoms with Gasteiger partial charge < -0.3 is 10.5 Å². The second-order valence-electron chi connectivity index (χ2n) is 4.89. The van der Waals surface area contributed by atoms with Crippen LogP contribution in [0.5, 0.6) is 0 Å². The predicted octanol–water partition coefficient (Wildman–Crippen LogP) is 2.90. The molecule has 0 saturated carbocycles. The van der Waals surface area contributed by atoms with Crippen LogP contribution in [0.3, 0.4) is 0 Å². The number of carbonyl (C=O) groups is 1. The van der Waals surface area contributed by atoms with Crippen molar-refractivity contribution >= 4 is 17.7 Å². The summed E-state index contributed by atoms with van der Waals surface area (Å²) in [6.07, 6.45) is 1.69. The van der Waals surface area contributed by atoms with Crippen LogP contribution in [0, 0.1) is 6.92 Å². The molecule has 0 saturated heterocycles. The molecule has 0 bridgehead atoms. The molecule has 0 aromatic heterocycles. The third-order valence-corrected chi connectivity index (χ3v) is 4.67. The molecule has 0 aliphatic rings. The van der Waals surface area contributed by atoms with Crippen LogP contribution < -0.4 is 5.73 Å². The van der Waals surface area contributed by atoms with E-state index in [2.05, 4.69) is 6.92 Å². The zero-order valence-electron chi connectivity index (χ0n) is 12.6. The summed E-state index contributed by atoms with van der Waals surface area (Å²) < 4.78 is 5.05. The van der Waals surface area contributed by atoms with Crippen molar-refractivity contribution in [2.24, 2.45) is 5.73 Å². The summed E-state index contributed by atoms with van der Waals surface area (Å²) in [5.41, 5.74) is 7.36. The fourth-order valence-electron chi connectivity index (χ4n) is 2.57. The van der Waals surface area contributed by atoms with Crippen molar-refractivity contribution in [3.8, 4) is 0 Å². The van der Waals surface area contributed by atoms with Crippen LogP contribution in [0.25, 0.3) is 0 Å². The number of benzene rings is 1. The van der Waals surface area contributed by atoms with Gasteiger partial charge in [-0.3, -0.25) is 4.79 Å². The zero-order chi connectivity index (χ0) is 15.0. The second kappa shape index (κ2) is 8.32. The molecule has 4 heteroatoms. The van der Waals surface area contributed by atoms with Gasteiger partial charge in [-0.2, -0.15) is 11.8 Å². The van der Waals surface area contributed by atoms with Crippen molar-refractivity contribution in [3.63, 3.8) is 0 Å². The minimum Gasteiger partial charge on any atom is -0.468 e. The Bertz CT molecular complexity index is 436. The summed E-state index contributed by atoms with van der Waals surface area (Å²) in [6, 6.07) is 7.94. The van der Waals surface area contributed by atoms with Crippen molar-refractivity contribution < 1.29 is 9.53 Å². The van der Waals surface area contributed by atoms with E-state index < -0.39 is 5.41 Å². The van der Waals surface area contributed by atoms with Crippen LogP contribution in [0.4, 0.5) is 0 Å². The van der Waals surface area contributed by atoms with E-state index in [9.17, 15) is 4.79 Å². The number of hydrogen-bond acceptors (Lipinski definition) is 4. The van der Waals surface area contributed by atoms with Gasteiger partial charge in [0.05, 0.1) is 7.11 Å². The number of methoxy groups -OCH3 is 1. The molecule has 112 valence electrons. The first kappa shape index (κ1) is 17.1. The molecule has 0 aliphatic heterocycles. The molecule has 0 heterocycles. The van der Waals surface area contributed by atoms with Gasteiger partial charge in [0.15, 0.2) is 0 Å². The molecule has 1 rings (SSSR count). The van der Waals surface area contributed by atoms with Crippen LogP contribution in [0.1, 0.15) is 30.9 Å². The maximum atomic E-state index is 12.4. The average Bonchev–Trinajstić information content (AvgIpc) is 2.48. The number of hydrogen-bond donors (Lipinski definition) is 1. The van der Waals surface area contributed by atoms with Gasteiger partial charge in [0.1, 0.15) is 5.41 Å². The van der Waals surface area contributed by atoms with Crippen molar-refractivity contribution in [3.05, 3.63) is 35.4 Å². The van der Waals surface area contributed by atoms with E-state index in [4.69, 9.17) is 10.5 Å². The van der Waals surface area contributed by atoms with E-state index in [-0.39, 0.29) is 12.5 Å². The van der Waals surface area contributed by atoms with Crippen LogP contribution >= 0.6 is 11.8 Å². The summed E-state index contributed by atoms with van der Waals surface area (Å²) in [6.45, 7) is 4.44. The Morgan fingerprint density at radius 3 is 2.65 bits per heavy atom. The van der Waals surface area contributed by atoms with E-state index in [1.807, 2.05) is 43.0 Å². The molecular weight excluding hydrogens is 270 g/mol. The van der Waals surface area contributed by atoms with Crippen molar-refractivity contribution in [2.75, 3.05) is 25.2 Å². The molecule has 0 fully saturated rings. The number of rotatable bonds is 8. The summed E-state index contributed by atoms with van der Waals surface area (Å²) in [5.74, 6) is 1.91. The fourth-order valence-corrected chi connectivity index (χ4v) is 3.20. The minimum atomic E-state index is -0.714. The summed E-state index contributed by atoms with van der Waals surface area (Å²) in [5, 5.41) is 0. The number of ether oxygens (including phenoxy) is 1. The Hall–Kier alpha value is -1.00. The molecule has 0 radical (unpaired) electrons. The lowest BCUT2D eigenvalue weighted by Gasteiger charge is -2.31. The quantitative estimate of drug-likeness (QED) is 0.592. The Morgan fingerprint density at radius 1 is 1.40 bits per heavy atom. The molecule has 1 aromatic carbocycles. The SMILES string of the molecule is CCSCCCC(CN)(C(=O)OC)c1ccccc1C. The van der Waals surface area contributed by atoms with E-state index in [0.29, 0.717) is 0 Å². The van der Waals surface area contributed by atoms with Crippen LogP contribution in [-0.4, -0.2) is 31.1 Å². The van der Waals surface area contributed by atoms with E-state index in [1.54, 1.807) is 0 Å². The monoisotopic (exact) mass is 295 g/mol. The Labute approximate surface area is 126 Å². The number of thioether (sulfide) groups is 1. The highest BCUT2D eigenvalue weighted by molar-refractivity contribution is 7.99. The zero-order valence-corrected chi connectivity index (χ0v) is 13.5. The molecule has 0 spiro atoms. The lowest BCUT2D eigenvalue weighted by molar-refractivity contribution is -0.147. The highest BCUT2D eigenvalue weighted by atomic mass is 32.2. The second-order valence-corrected chi connectivity index (χ2v) is 6.29. The standard InChI is InChI=1S/C16H25NO2S/c1-4-20-11-7-10-16(12-17,15(18)19-3)14-9-6-5-8-13(14)2/h5-6,8-9H,4,7,10-12,17H2,1-3H3. The number of nitrogens with two attached hydrogens (primary N) is 1. The smallest absolute Gasteiger partial charge is 0.317 e. The maximum Gasteiger partial charge on any atom is 0.317 e. The van der Waals surface area contributed by atoms with Gasteiger partial charge in [-0.1, -0.05) is 31.2 Å². The lowest BCUT2D eigenvalue weighted by atomic mass is 9.75. The molecule has 3 nitrogen and oxygen atoms in total. The van der Waals surface area contributed by atoms with Gasteiger partial charge in [-0.25, -0.2) is 0 Å². The molecule has 1 atom stereocenters. The van der Waals surface area contributed by atoms with Gasteiger partial charge in [-0.15, -0.1) is 0 Å². The molecule has 20 heavy (non-hydrogen) atoms. The highest BCUT2D eigenvalue weighted by Gasteiger charge is 2.40. The first-order valence-corrected chi connectivity index (χ1v) is 8.20. The molecule has 1 aromatic rings. The summed E-state index contributed by atoms with van der Waals surface area (Å²) in [4.78, 5) is 12.4. The maximum absolute atomic E-state index is 12.4. The van der Waals surface area contributed by atoms with Gasteiger partial charge in [-0.05, 0) is 42.4 Å². The largest absolute Gasteiger partial charge is 0.468 e. The van der Waals surface area contributed by atoms with Crippen LogP contribution in [0.2, 0.25) is 0 Å². The first-order valence-electron chi connectivity index (χ1n) is 7.04. The van der Waals surface area contributed by atoms with E-state index in [1.165, 1.54) is 7.11 Å². The molecule has 0 amide bonds. The van der Waals surface area contributed by atoms with Crippen molar-refractivity contribution in [1.82, 2.24) is 0 Å². The topological polar surface area (TPSA) is 52.3 Å². The predicted molar refractivity (Wildman–Crippen MR) is 86.2 cm³/mol. The van der Waals surface area contributed by atoms with E-state index in [0.717, 1.165) is 35.5 Å². The number of carbonyl (C=O) groups excluding carboxylic acids is 1. The van der Waals surface area contributed by atoms with Crippen molar-refractivity contribution in [2.45, 2.75) is 32.1 Å². The van der Waals surface area contributed by atoms with Gasteiger partial charge in [0.2, 0.25) is 0 Å². The molecule has 1 unspecified atom stereocenters. The minimum absolute atomic E-state index is 0.226. The number of aryl methyl sites for hydroxylation is 1. The third kappa shape index (κ3) is 3.76. The van der Waals surface area contributed by atoms with Gasteiger partial charge in [0.25, 0.3) is 0 Å². The molecular formula is C16H25NO2S. The molecule has 2 N–H and O–H groups in total. The Morgan fingerprint density at radius 2 is 2.10 bits per heavy atom. The third-order valence-electron chi connectivity index (χ3n) is 3.68. The van der Waals surface area contributed by atoms with E-state index >= 15 is 0 Å². The first-order chi connectivity index (χ1) is 9.62. The average molecular weight is 295 g/mol. The van der Waals surface area contributed by atoms with Gasteiger partial charge >= 0.3 is 5.97 Å². The van der Waals surface area contributed by atoms with Crippen molar-refractivity contribution in [1.29, 1.82) is 0 Å². The Balaban J connectivity index is 3.06. The Kier molecular flexibility index (Phi) is 7.10. The fraction of sp³-hybridized carbons (Fsp3) is 0.562.